The first-order valence-electron chi connectivity index (χ1n) is 8.15. The normalized spacial score (nSPS) is 27.5. The summed E-state index contributed by atoms with van der Waals surface area (Å²) in [7, 11) is 1.38. The van der Waals surface area contributed by atoms with Crippen molar-refractivity contribution in [1.29, 1.82) is 0 Å². The van der Waals surface area contributed by atoms with E-state index >= 15 is 0 Å². The molecule has 1 spiro atoms. The van der Waals surface area contributed by atoms with Crippen molar-refractivity contribution >= 4 is 5.97 Å². The number of ether oxygens (including phenoxy) is 2. The van der Waals surface area contributed by atoms with Crippen molar-refractivity contribution in [1.82, 2.24) is 0 Å². The van der Waals surface area contributed by atoms with Crippen LogP contribution in [0, 0.1) is 11.7 Å². The largest absolute Gasteiger partial charge is 0.469 e. The molecule has 1 aliphatic heterocycles. The summed E-state index contributed by atoms with van der Waals surface area (Å²) in [6.45, 7) is 0. The Labute approximate surface area is 130 Å². The number of esters is 1. The van der Waals surface area contributed by atoms with Gasteiger partial charge in [0.2, 0.25) is 0 Å². The van der Waals surface area contributed by atoms with Gasteiger partial charge in [-0.2, -0.15) is 0 Å². The van der Waals surface area contributed by atoms with Crippen molar-refractivity contribution in [2.45, 2.75) is 56.7 Å². The van der Waals surface area contributed by atoms with Gasteiger partial charge in [-0.15, -0.1) is 0 Å². The minimum Gasteiger partial charge on any atom is -0.469 e. The fraction of sp³-hybridized carbons (Fsp3) is 0.611. The van der Waals surface area contributed by atoms with Crippen LogP contribution in [0.2, 0.25) is 0 Å². The number of methoxy groups -OCH3 is 1. The maximum Gasteiger partial charge on any atom is 0.311 e. The number of carbonyl (C=O) groups is 1. The summed E-state index contributed by atoms with van der Waals surface area (Å²) < 4.78 is 25.5. The van der Waals surface area contributed by atoms with E-state index in [-0.39, 0.29) is 17.4 Å². The lowest BCUT2D eigenvalue weighted by Crippen LogP contribution is -2.44. The third-order valence-corrected chi connectivity index (χ3v) is 5.13. The first-order chi connectivity index (χ1) is 10.7. The Morgan fingerprint density at radius 3 is 2.64 bits per heavy atom. The first kappa shape index (κ1) is 15.5. The maximum absolute atomic E-state index is 14.2. The second-order valence-corrected chi connectivity index (χ2v) is 6.47. The number of hydrogen-bond acceptors (Lipinski definition) is 3. The molecule has 0 aromatic heterocycles. The van der Waals surface area contributed by atoms with Gasteiger partial charge in [0, 0.05) is 5.56 Å². The highest BCUT2D eigenvalue weighted by molar-refractivity contribution is 5.73. The molecule has 120 valence electrons. The SMILES string of the molecule is COC(=O)C1CCC2(CCCCC2)OC1c1ccccc1F. The highest BCUT2D eigenvalue weighted by Crippen LogP contribution is 2.48. The predicted octanol–water partition coefficient (Wildman–Crippen LogP) is 4.17. The molecule has 1 aromatic carbocycles. The van der Waals surface area contributed by atoms with Gasteiger partial charge < -0.3 is 9.47 Å². The second-order valence-electron chi connectivity index (χ2n) is 6.47. The summed E-state index contributed by atoms with van der Waals surface area (Å²) in [6.07, 6.45) is 6.55. The predicted molar refractivity (Wildman–Crippen MR) is 80.8 cm³/mol. The molecule has 4 heteroatoms. The van der Waals surface area contributed by atoms with Crippen molar-refractivity contribution < 1.29 is 18.7 Å². The van der Waals surface area contributed by atoms with Crippen LogP contribution in [-0.2, 0) is 14.3 Å². The zero-order valence-corrected chi connectivity index (χ0v) is 13.0. The molecule has 2 unspecified atom stereocenters. The maximum atomic E-state index is 14.2. The summed E-state index contributed by atoms with van der Waals surface area (Å²) in [5, 5.41) is 0. The molecule has 22 heavy (non-hydrogen) atoms. The Kier molecular flexibility index (Phi) is 4.48. The summed E-state index contributed by atoms with van der Waals surface area (Å²) in [4.78, 5) is 12.1. The topological polar surface area (TPSA) is 35.5 Å². The van der Waals surface area contributed by atoms with E-state index < -0.39 is 12.0 Å². The Bertz CT molecular complexity index is 537. The lowest BCUT2D eigenvalue weighted by molar-refractivity contribution is -0.189. The summed E-state index contributed by atoms with van der Waals surface area (Å²) >= 11 is 0. The molecule has 0 bridgehead atoms. The molecule has 0 amide bonds. The van der Waals surface area contributed by atoms with Crippen LogP contribution < -0.4 is 0 Å². The van der Waals surface area contributed by atoms with Crippen LogP contribution in [0.1, 0.15) is 56.6 Å². The minimum absolute atomic E-state index is 0.185. The molecule has 3 nitrogen and oxygen atoms in total. The van der Waals surface area contributed by atoms with Crippen molar-refractivity contribution in [3.63, 3.8) is 0 Å². The summed E-state index contributed by atoms with van der Waals surface area (Å²) in [5.41, 5.74) is 0.290. The van der Waals surface area contributed by atoms with E-state index in [1.165, 1.54) is 19.6 Å². The van der Waals surface area contributed by atoms with Gasteiger partial charge in [-0.1, -0.05) is 37.5 Å². The third-order valence-electron chi connectivity index (χ3n) is 5.13. The molecule has 0 radical (unpaired) electrons. The molecule has 2 fully saturated rings. The summed E-state index contributed by atoms with van der Waals surface area (Å²) in [5.74, 6) is -1.04. The van der Waals surface area contributed by atoms with Gasteiger partial charge >= 0.3 is 5.97 Å². The number of rotatable bonds is 2. The monoisotopic (exact) mass is 306 g/mol. The molecule has 1 aromatic rings. The Hall–Kier alpha value is -1.42. The lowest BCUT2D eigenvalue weighted by atomic mass is 9.75. The fourth-order valence-corrected chi connectivity index (χ4v) is 3.92. The smallest absolute Gasteiger partial charge is 0.311 e. The molecular weight excluding hydrogens is 283 g/mol. The average molecular weight is 306 g/mol. The van der Waals surface area contributed by atoms with Gasteiger partial charge in [-0.05, 0) is 31.7 Å². The summed E-state index contributed by atoms with van der Waals surface area (Å²) in [6, 6.07) is 6.59. The molecule has 0 N–H and O–H groups in total. The zero-order chi connectivity index (χ0) is 15.6. The number of halogens is 1. The van der Waals surface area contributed by atoms with Crippen LogP contribution in [0.15, 0.2) is 24.3 Å². The van der Waals surface area contributed by atoms with E-state index in [1.54, 1.807) is 18.2 Å². The van der Waals surface area contributed by atoms with Gasteiger partial charge in [0.25, 0.3) is 0 Å². The van der Waals surface area contributed by atoms with Crippen molar-refractivity contribution in [2.75, 3.05) is 7.11 Å². The quantitative estimate of drug-likeness (QED) is 0.769. The highest BCUT2D eigenvalue weighted by atomic mass is 19.1. The van der Waals surface area contributed by atoms with Gasteiger partial charge in [-0.3, -0.25) is 4.79 Å². The van der Waals surface area contributed by atoms with E-state index in [0.29, 0.717) is 12.0 Å². The Morgan fingerprint density at radius 1 is 1.23 bits per heavy atom. The van der Waals surface area contributed by atoms with Crippen molar-refractivity contribution in [3.8, 4) is 0 Å². The lowest BCUT2D eigenvalue weighted by Gasteiger charge is -2.46. The van der Waals surface area contributed by atoms with Crippen LogP contribution >= 0.6 is 0 Å². The fourth-order valence-electron chi connectivity index (χ4n) is 3.92. The van der Waals surface area contributed by atoms with E-state index in [0.717, 1.165) is 32.1 Å². The molecule has 2 aliphatic rings. The number of carbonyl (C=O) groups excluding carboxylic acids is 1. The van der Waals surface area contributed by atoms with Gasteiger partial charge in [0.05, 0.1) is 24.7 Å². The van der Waals surface area contributed by atoms with E-state index in [4.69, 9.17) is 9.47 Å². The standard InChI is InChI=1S/C18H23FO3/c1-21-17(20)14-9-12-18(10-5-2-6-11-18)22-16(14)13-7-3-4-8-15(13)19/h3-4,7-8,14,16H,2,5-6,9-12H2,1H3. The van der Waals surface area contributed by atoms with Crippen LogP contribution in [0.4, 0.5) is 4.39 Å². The number of benzene rings is 1. The average Bonchev–Trinajstić information content (AvgIpc) is 2.55. The van der Waals surface area contributed by atoms with Gasteiger partial charge in [0.1, 0.15) is 5.82 Å². The first-order valence-corrected chi connectivity index (χ1v) is 8.15. The second kappa shape index (κ2) is 6.37. The zero-order valence-electron chi connectivity index (χ0n) is 13.0. The van der Waals surface area contributed by atoms with Gasteiger partial charge in [-0.25, -0.2) is 4.39 Å². The molecular formula is C18H23FO3. The molecule has 2 atom stereocenters. The highest BCUT2D eigenvalue weighted by Gasteiger charge is 2.46. The molecule has 1 saturated heterocycles. The van der Waals surface area contributed by atoms with Crippen molar-refractivity contribution in [2.24, 2.45) is 5.92 Å². The van der Waals surface area contributed by atoms with Crippen LogP contribution in [0.3, 0.4) is 0 Å². The van der Waals surface area contributed by atoms with Gasteiger partial charge in [0.15, 0.2) is 0 Å². The number of hydrogen-bond donors (Lipinski definition) is 0. The molecule has 1 aliphatic carbocycles. The Morgan fingerprint density at radius 2 is 1.95 bits per heavy atom. The van der Waals surface area contributed by atoms with Crippen LogP contribution in [0.25, 0.3) is 0 Å². The van der Waals surface area contributed by atoms with E-state index in [2.05, 4.69) is 0 Å². The van der Waals surface area contributed by atoms with E-state index in [1.807, 2.05) is 0 Å². The van der Waals surface area contributed by atoms with Crippen LogP contribution in [-0.4, -0.2) is 18.7 Å². The molecule has 3 rings (SSSR count). The van der Waals surface area contributed by atoms with E-state index in [9.17, 15) is 9.18 Å². The van der Waals surface area contributed by atoms with Crippen LogP contribution in [0.5, 0.6) is 0 Å². The molecule has 1 saturated carbocycles. The minimum atomic E-state index is -0.541. The van der Waals surface area contributed by atoms with Crippen molar-refractivity contribution in [3.05, 3.63) is 35.6 Å². The Balaban J connectivity index is 1.91. The third kappa shape index (κ3) is 2.89. The molecule has 1 heterocycles.